The Bertz CT molecular complexity index is 1120. The highest BCUT2D eigenvalue weighted by Crippen LogP contribution is 2.32. The van der Waals surface area contributed by atoms with E-state index in [0.717, 1.165) is 4.47 Å². The molecule has 0 saturated heterocycles. The van der Waals surface area contributed by atoms with Crippen molar-refractivity contribution in [2.75, 3.05) is 6.61 Å². The lowest BCUT2D eigenvalue weighted by Gasteiger charge is -2.12. The molecule has 0 unspecified atom stereocenters. The Labute approximate surface area is 179 Å². The van der Waals surface area contributed by atoms with E-state index in [9.17, 15) is 9.90 Å². The average Bonchev–Trinajstić information content (AvgIpc) is 2.64. The van der Waals surface area contributed by atoms with Gasteiger partial charge in [0.2, 0.25) is 0 Å². The molecule has 1 aromatic heterocycles. The van der Waals surface area contributed by atoms with Crippen LogP contribution in [-0.2, 0) is 0 Å². The highest BCUT2D eigenvalue weighted by Gasteiger charge is 2.14. The summed E-state index contributed by atoms with van der Waals surface area (Å²) in [4.78, 5) is 17.7. The highest BCUT2D eigenvalue weighted by molar-refractivity contribution is 9.10. The fourth-order valence-electron chi connectivity index (χ4n) is 2.70. The van der Waals surface area contributed by atoms with Gasteiger partial charge in [0.15, 0.2) is 11.5 Å². The van der Waals surface area contributed by atoms with Crippen molar-refractivity contribution in [1.82, 2.24) is 9.66 Å². The van der Waals surface area contributed by atoms with E-state index in [2.05, 4.69) is 41.9 Å². The van der Waals surface area contributed by atoms with Crippen LogP contribution < -0.4 is 10.3 Å². The van der Waals surface area contributed by atoms with Gasteiger partial charge < -0.3 is 9.84 Å². The predicted molar refractivity (Wildman–Crippen MR) is 118 cm³/mol. The number of halogens is 2. The standard InChI is InChI=1S/C20H19Br2N3O3/c1-4-28-18-7-12(15(22)9-17(18)26)10-23-25-19(11(2)3)24-16-6-5-13(21)8-14(16)20(25)27/h5-11,26H,4H2,1-3H3. The number of aromatic nitrogens is 2. The number of hydrogen-bond acceptors (Lipinski definition) is 5. The van der Waals surface area contributed by atoms with Crippen LogP contribution in [0.3, 0.4) is 0 Å². The van der Waals surface area contributed by atoms with Crippen LogP contribution in [0, 0.1) is 0 Å². The van der Waals surface area contributed by atoms with Crippen molar-refractivity contribution < 1.29 is 9.84 Å². The number of nitrogens with zero attached hydrogens (tertiary/aromatic N) is 3. The van der Waals surface area contributed by atoms with E-state index in [1.807, 2.05) is 32.9 Å². The molecule has 3 aromatic rings. The molecule has 3 rings (SSSR count). The molecule has 1 N–H and O–H groups in total. The van der Waals surface area contributed by atoms with Crippen LogP contribution in [-0.4, -0.2) is 27.6 Å². The summed E-state index contributed by atoms with van der Waals surface area (Å²) in [6, 6.07) is 8.61. The summed E-state index contributed by atoms with van der Waals surface area (Å²) in [7, 11) is 0. The Morgan fingerprint density at radius 1 is 1.29 bits per heavy atom. The number of phenolic OH excluding ortho intramolecular Hbond substituents is 1. The molecule has 0 bridgehead atoms. The summed E-state index contributed by atoms with van der Waals surface area (Å²) in [6.07, 6.45) is 1.55. The zero-order chi connectivity index (χ0) is 20.4. The van der Waals surface area contributed by atoms with Gasteiger partial charge in [-0.1, -0.05) is 29.8 Å². The monoisotopic (exact) mass is 507 g/mol. The van der Waals surface area contributed by atoms with Gasteiger partial charge in [0.25, 0.3) is 5.56 Å². The van der Waals surface area contributed by atoms with Crippen molar-refractivity contribution in [1.29, 1.82) is 0 Å². The molecule has 0 atom stereocenters. The number of benzene rings is 2. The number of rotatable bonds is 5. The van der Waals surface area contributed by atoms with Crippen LogP contribution in [0.5, 0.6) is 11.5 Å². The molecule has 0 fully saturated rings. The van der Waals surface area contributed by atoms with Gasteiger partial charge in [-0.2, -0.15) is 9.78 Å². The molecule has 6 nitrogen and oxygen atoms in total. The quantitative estimate of drug-likeness (QED) is 0.490. The van der Waals surface area contributed by atoms with Gasteiger partial charge in [0.1, 0.15) is 5.82 Å². The van der Waals surface area contributed by atoms with Crippen LogP contribution in [0.4, 0.5) is 0 Å². The third-order valence-electron chi connectivity index (χ3n) is 4.04. The van der Waals surface area contributed by atoms with Crippen molar-refractivity contribution in [3.05, 3.63) is 61.0 Å². The third kappa shape index (κ3) is 4.12. The average molecular weight is 509 g/mol. The van der Waals surface area contributed by atoms with Crippen molar-refractivity contribution in [3.8, 4) is 11.5 Å². The molecular weight excluding hydrogens is 490 g/mol. The van der Waals surface area contributed by atoms with Crippen molar-refractivity contribution in [3.63, 3.8) is 0 Å². The molecular formula is C20H19Br2N3O3. The molecule has 28 heavy (non-hydrogen) atoms. The summed E-state index contributed by atoms with van der Waals surface area (Å²) >= 11 is 6.80. The molecule has 0 spiro atoms. The second kappa shape index (κ2) is 8.45. The summed E-state index contributed by atoms with van der Waals surface area (Å²) < 4.78 is 8.17. The van der Waals surface area contributed by atoms with E-state index >= 15 is 0 Å². The van der Waals surface area contributed by atoms with Crippen LogP contribution >= 0.6 is 31.9 Å². The second-order valence-corrected chi connectivity index (χ2v) is 8.19. The van der Waals surface area contributed by atoms with Gasteiger partial charge in [0, 0.05) is 20.4 Å². The maximum absolute atomic E-state index is 13.0. The molecule has 0 radical (unpaired) electrons. The Morgan fingerprint density at radius 3 is 2.71 bits per heavy atom. The smallest absolute Gasteiger partial charge is 0.282 e. The van der Waals surface area contributed by atoms with E-state index in [0.29, 0.717) is 39.1 Å². The highest BCUT2D eigenvalue weighted by atomic mass is 79.9. The van der Waals surface area contributed by atoms with E-state index in [1.165, 1.54) is 10.7 Å². The molecule has 2 aromatic carbocycles. The summed E-state index contributed by atoms with van der Waals surface area (Å²) in [5.41, 5.74) is 1.05. The zero-order valence-electron chi connectivity index (χ0n) is 15.6. The summed E-state index contributed by atoms with van der Waals surface area (Å²) in [5.74, 6) is 0.948. The van der Waals surface area contributed by atoms with Crippen molar-refractivity contribution in [2.45, 2.75) is 26.7 Å². The number of aromatic hydroxyl groups is 1. The molecule has 0 saturated carbocycles. The minimum atomic E-state index is -0.244. The number of ether oxygens (including phenoxy) is 1. The molecule has 0 aliphatic heterocycles. The SMILES string of the molecule is CCOc1cc(C=Nn2c(C(C)C)nc3ccc(Br)cc3c2=O)c(Br)cc1O. The summed E-state index contributed by atoms with van der Waals surface area (Å²) in [6.45, 7) is 6.18. The molecule has 0 aliphatic rings. The first-order valence-electron chi connectivity index (χ1n) is 8.73. The largest absolute Gasteiger partial charge is 0.504 e. The van der Waals surface area contributed by atoms with Crippen LogP contribution in [0.25, 0.3) is 10.9 Å². The van der Waals surface area contributed by atoms with Gasteiger partial charge in [-0.05, 0) is 53.2 Å². The lowest BCUT2D eigenvalue weighted by molar-refractivity contribution is 0.318. The first kappa shape index (κ1) is 20.5. The van der Waals surface area contributed by atoms with Gasteiger partial charge in [-0.3, -0.25) is 4.79 Å². The molecule has 1 heterocycles. The van der Waals surface area contributed by atoms with E-state index < -0.39 is 0 Å². The normalized spacial score (nSPS) is 11.6. The Balaban J connectivity index is 2.16. The zero-order valence-corrected chi connectivity index (χ0v) is 18.8. The van der Waals surface area contributed by atoms with E-state index in [1.54, 1.807) is 18.3 Å². The minimum Gasteiger partial charge on any atom is -0.504 e. The Kier molecular flexibility index (Phi) is 6.20. The number of phenols is 1. The van der Waals surface area contributed by atoms with Crippen LogP contribution in [0.15, 0.2) is 49.2 Å². The summed E-state index contributed by atoms with van der Waals surface area (Å²) in [5, 5.41) is 14.9. The Hall–Kier alpha value is -2.19. The second-order valence-electron chi connectivity index (χ2n) is 6.42. The lowest BCUT2D eigenvalue weighted by Crippen LogP contribution is -2.23. The first-order chi connectivity index (χ1) is 13.3. The van der Waals surface area contributed by atoms with Gasteiger partial charge in [-0.25, -0.2) is 4.98 Å². The van der Waals surface area contributed by atoms with Crippen LogP contribution in [0.2, 0.25) is 0 Å². The number of fused-ring (bicyclic) bond motifs is 1. The third-order valence-corrected chi connectivity index (χ3v) is 5.22. The first-order valence-corrected chi connectivity index (χ1v) is 10.3. The predicted octanol–water partition coefficient (Wildman–Crippen LogP) is 5.03. The minimum absolute atomic E-state index is 0.000131. The van der Waals surface area contributed by atoms with Gasteiger partial charge >= 0.3 is 0 Å². The fraction of sp³-hybridized carbons (Fsp3) is 0.250. The molecule has 8 heteroatoms. The van der Waals surface area contributed by atoms with E-state index in [4.69, 9.17) is 4.74 Å². The molecule has 0 aliphatic carbocycles. The van der Waals surface area contributed by atoms with Gasteiger partial charge in [-0.15, -0.1) is 0 Å². The molecule has 0 amide bonds. The fourth-order valence-corrected chi connectivity index (χ4v) is 3.49. The lowest BCUT2D eigenvalue weighted by atomic mass is 10.2. The Morgan fingerprint density at radius 2 is 2.04 bits per heavy atom. The maximum Gasteiger partial charge on any atom is 0.282 e. The van der Waals surface area contributed by atoms with Crippen LogP contribution in [0.1, 0.15) is 38.1 Å². The molecule has 146 valence electrons. The number of hydrogen-bond donors (Lipinski definition) is 1. The van der Waals surface area contributed by atoms with Gasteiger partial charge in [0.05, 0.1) is 23.7 Å². The van der Waals surface area contributed by atoms with E-state index in [-0.39, 0.29) is 17.2 Å². The maximum atomic E-state index is 13.0. The van der Waals surface area contributed by atoms with Crippen molar-refractivity contribution >= 4 is 49.0 Å². The van der Waals surface area contributed by atoms with Crippen molar-refractivity contribution in [2.24, 2.45) is 5.10 Å². The topological polar surface area (TPSA) is 76.7 Å².